The first-order valence-electron chi connectivity index (χ1n) is 10.3. The molecule has 0 aliphatic rings. The fourth-order valence-corrected chi connectivity index (χ4v) is 3.42. The van der Waals surface area contributed by atoms with E-state index >= 15 is 0 Å². The van der Waals surface area contributed by atoms with Crippen LogP contribution in [0, 0.1) is 12.7 Å². The van der Waals surface area contributed by atoms with Crippen molar-refractivity contribution in [3.63, 3.8) is 0 Å². The van der Waals surface area contributed by atoms with Gasteiger partial charge in [0.05, 0.1) is 0 Å². The largest absolute Gasteiger partial charge is 0.457 e. The minimum Gasteiger partial charge on any atom is -0.457 e. The predicted octanol–water partition coefficient (Wildman–Crippen LogP) is 6.01. The third-order valence-electron chi connectivity index (χ3n) is 5.17. The molecule has 3 rings (SSSR count). The van der Waals surface area contributed by atoms with E-state index in [-0.39, 0.29) is 19.0 Å². The van der Waals surface area contributed by atoms with E-state index in [1.54, 1.807) is 13.0 Å². The van der Waals surface area contributed by atoms with Gasteiger partial charge >= 0.3 is 5.97 Å². The van der Waals surface area contributed by atoms with Crippen molar-refractivity contribution in [1.82, 2.24) is 0 Å². The molecular weight excluding hydrogens is 391 g/mol. The summed E-state index contributed by atoms with van der Waals surface area (Å²) in [7, 11) is 0. The molecule has 0 bridgehead atoms. The van der Waals surface area contributed by atoms with E-state index in [1.165, 1.54) is 6.07 Å². The molecule has 0 aromatic heterocycles. The molecule has 3 aromatic rings. The number of ether oxygens (including phenoxy) is 1. The van der Waals surface area contributed by atoms with Gasteiger partial charge in [-0.05, 0) is 72.2 Å². The first-order valence-corrected chi connectivity index (χ1v) is 10.3. The Morgan fingerprint density at radius 2 is 1.65 bits per heavy atom. The summed E-state index contributed by atoms with van der Waals surface area (Å²) in [6.07, 6.45) is 1.33. The zero-order chi connectivity index (χ0) is 22.4. The molecule has 0 radical (unpaired) electrons. The van der Waals surface area contributed by atoms with Gasteiger partial charge < -0.3 is 9.84 Å². The molecule has 1 N–H and O–H groups in total. The molecule has 31 heavy (non-hydrogen) atoms. The summed E-state index contributed by atoms with van der Waals surface area (Å²) in [5, 5.41) is 9.17. The quantitative estimate of drug-likeness (QED) is 0.360. The second-order valence-electron chi connectivity index (χ2n) is 7.73. The maximum atomic E-state index is 14.3. The summed E-state index contributed by atoms with van der Waals surface area (Å²) in [4.78, 5) is 11.8. The Bertz CT molecular complexity index is 1080. The van der Waals surface area contributed by atoms with Crippen LogP contribution in [0.15, 0.2) is 72.8 Å². The van der Waals surface area contributed by atoms with E-state index in [0.29, 0.717) is 24.0 Å². The topological polar surface area (TPSA) is 46.5 Å². The highest BCUT2D eigenvalue weighted by molar-refractivity contribution is 5.87. The van der Waals surface area contributed by atoms with Crippen LogP contribution in [-0.2, 0) is 22.6 Å². The first kappa shape index (κ1) is 22.4. The van der Waals surface area contributed by atoms with Crippen LogP contribution < -0.4 is 0 Å². The van der Waals surface area contributed by atoms with Gasteiger partial charge in [0.15, 0.2) is 0 Å². The summed E-state index contributed by atoms with van der Waals surface area (Å²) in [6, 6.07) is 19.0. The summed E-state index contributed by atoms with van der Waals surface area (Å²) >= 11 is 0. The molecule has 4 heteroatoms. The summed E-state index contributed by atoms with van der Waals surface area (Å²) in [5.41, 5.74) is 6.52. The summed E-state index contributed by atoms with van der Waals surface area (Å²) < 4.78 is 19.7. The van der Waals surface area contributed by atoms with Crippen molar-refractivity contribution in [1.29, 1.82) is 0 Å². The Balaban J connectivity index is 1.88. The molecule has 0 atom stereocenters. The van der Waals surface area contributed by atoms with Gasteiger partial charge in [-0.25, -0.2) is 9.18 Å². The SMILES string of the molecule is C=C(C)C(=O)OCc1cc(-c2ccc(-c3ccc(C)cc3F)cc2)ccc1CCCO. The Morgan fingerprint density at radius 1 is 0.968 bits per heavy atom. The molecule has 0 aliphatic heterocycles. The van der Waals surface area contributed by atoms with Crippen LogP contribution in [-0.4, -0.2) is 17.7 Å². The lowest BCUT2D eigenvalue weighted by molar-refractivity contribution is -0.140. The highest BCUT2D eigenvalue weighted by Crippen LogP contribution is 2.29. The van der Waals surface area contributed by atoms with E-state index in [1.807, 2.05) is 55.5 Å². The zero-order valence-electron chi connectivity index (χ0n) is 18.0. The molecule has 0 aliphatic carbocycles. The number of aryl methyl sites for hydroxylation is 2. The van der Waals surface area contributed by atoms with Gasteiger partial charge in [-0.2, -0.15) is 0 Å². The van der Waals surface area contributed by atoms with Gasteiger partial charge in [0, 0.05) is 17.7 Å². The fourth-order valence-electron chi connectivity index (χ4n) is 3.42. The lowest BCUT2D eigenvalue weighted by Gasteiger charge is -2.13. The Labute approximate surface area is 182 Å². The normalized spacial score (nSPS) is 10.7. The Morgan fingerprint density at radius 3 is 2.29 bits per heavy atom. The third kappa shape index (κ3) is 5.68. The van der Waals surface area contributed by atoms with E-state index in [9.17, 15) is 14.3 Å². The number of carbonyl (C=O) groups excluding carboxylic acids is 1. The van der Waals surface area contributed by atoms with Crippen LogP contribution in [0.5, 0.6) is 0 Å². The van der Waals surface area contributed by atoms with Crippen LogP contribution in [0.2, 0.25) is 0 Å². The highest BCUT2D eigenvalue weighted by atomic mass is 19.1. The number of carbonyl (C=O) groups is 1. The van der Waals surface area contributed by atoms with Crippen LogP contribution in [0.4, 0.5) is 4.39 Å². The Hall–Kier alpha value is -3.24. The zero-order valence-corrected chi connectivity index (χ0v) is 18.0. The van der Waals surface area contributed by atoms with E-state index in [0.717, 1.165) is 33.4 Å². The molecule has 3 aromatic carbocycles. The summed E-state index contributed by atoms with van der Waals surface area (Å²) in [6.45, 7) is 7.34. The predicted molar refractivity (Wildman–Crippen MR) is 122 cm³/mol. The second kappa shape index (κ2) is 10.2. The second-order valence-corrected chi connectivity index (χ2v) is 7.73. The van der Waals surface area contributed by atoms with Gasteiger partial charge in [-0.3, -0.25) is 0 Å². The van der Waals surface area contributed by atoms with Gasteiger partial charge in [0.1, 0.15) is 12.4 Å². The summed E-state index contributed by atoms with van der Waals surface area (Å²) in [5.74, 6) is -0.661. The molecule has 0 amide bonds. The van der Waals surface area contributed by atoms with Crippen molar-refractivity contribution >= 4 is 5.97 Å². The Kier molecular flexibility index (Phi) is 7.37. The number of benzene rings is 3. The molecule has 0 saturated carbocycles. The minimum absolute atomic E-state index is 0.101. The number of hydrogen-bond donors (Lipinski definition) is 1. The molecule has 0 fully saturated rings. The molecule has 0 spiro atoms. The van der Waals surface area contributed by atoms with Gasteiger partial charge in [-0.1, -0.05) is 55.1 Å². The average molecular weight is 419 g/mol. The standard InChI is InChI=1S/C27H27FO3/c1-18(2)27(30)31-17-24-16-23(12-9-20(24)5-4-14-29)21-7-10-22(11-8-21)25-13-6-19(3)15-26(25)28/h6-13,15-16,29H,1,4-5,14,17H2,2-3H3. The van der Waals surface area contributed by atoms with Crippen molar-refractivity contribution in [2.45, 2.75) is 33.3 Å². The van der Waals surface area contributed by atoms with Crippen LogP contribution in [0.3, 0.4) is 0 Å². The van der Waals surface area contributed by atoms with Crippen LogP contribution in [0.1, 0.15) is 30.0 Å². The van der Waals surface area contributed by atoms with Crippen molar-refractivity contribution in [3.05, 3.63) is 95.3 Å². The van der Waals surface area contributed by atoms with Gasteiger partial charge in [-0.15, -0.1) is 0 Å². The van der Waals surface area contributed by atoms with E-state index in [2.05, 4.69) is 6.58 Å². The molecule has 0 heterocycles. The van der Waals surface area contributed by atoms with Crippen molar-refractivity contribution in [2.75, 3.05) is 6.61 Å². The minimum atomic E-state index is -0.428. The van der Waals surface area contributed by atoms with Crippen molar-refractivity contribution in [2.24, 2.45) is 0 Å². The number of rotatable bonds is 8. The fraction of sp³-hybridized carbons (Fsp3) is 0.222. The first-order chi connectivity index (χ1) is 14.9. The monoisotopic (exact) mass is 418 g/mol. The molecular formula is C27H27FO3. The smallest absolute Gasteiger partial charge is 0.333 e. The van der Waals surface area contributed by atoms with E-state index in [4.69, 9.17) is 4.74 Å². The average Bonchev–Trinajstić information content (AvgIpc) is 2.76. The lowest BCUT2D eigenvalue weighted by Crippen LogP contribution is -2.07. The molecule has 0 saturated heterocycles. The number of hydrogen-bond acceptors (Lipinski definition) is 3. The number of aliphatic hydroxyl groups is 1. The third-order valence-corrected chi connectivity index (χ3v) is 5.17. The van der Waals surface area contributed by atoms with Crippen LogP contribution in [0.25, 0.3) is 22.3 Å². The highest BCUT2D eigenvalue weighted by Gasteiger charge is 2.11. The van der Waals surface area contributed by atoms with Crippen molar-refractivity contribution in [3.8, 4) is 22.3 Å². The molecule has 160 valence electrons. The van der Waals surface area contributed by atoms with Crippen LogP contribution >= 0.6 is 0 Å². The maximum Gasteiger partial charge on any atom is 0.333 e. The number of aliphatic hydroxyl groups excluding tert-OH is 1. The van der Waals surface area contributed by atoms with E-state index < -0.39 is 5.97 Å². The molecule has 3 nitrogen and oxygen atoms in total. The van der Waals surface area contributed by atoms with Gasteiger partial charge in [0.25, 0.3) is 0 Å². The number of halogens is 1. The molecule has 0 unspecified atom stereocenters. The van der Waals surface area contributed by atoms with Gasteiger partial charge in [0.2, 0.25) is 0 Å². The number of esters is 1. The van der Waals surface area contributed by atoms with Crippen molar-refractivity contribution < 1.29 is 19.0 Å². The maximum absolute atomic E-state index is 14.3. The lowest BCUT2D eigenvalue weighted by atomic mass is 9.95.